The lowest BCUT2D eigenvalue weighted by Crippen LogP contribution is -2.47. The predicted molar refractivity (Wildman–Crippen MR) is 93.9 cm³/mol. The number of carbonyl (C=O) groups is 1. The van der Waals surface area contributed by atoms with Crippen molar-refractivity contribution >= 4 is 5.91 Å². The maximum Gasteiger partial charge on any atom is 0.416 e. The average molecular weight is 372 g/mol. The Morgan fingerprint density at radius 2 is 2.04 bits per heavy atom. The zero-order valence-corrected chi connectivity index (χ0v) is 15.3. The van der Waals surface area contributed by atoms with Crippen LogP contribution >= 0.6 is 0 Å². The Hall–Kier alpha value is -1.60. The summed E-state index contributed by atoms with van der Waals surface area (Å²) in [7, 11) is 1.64. The van der Waals surface area contributed by atoms with Crippen molar-refractivity contribution < 1.29 is 22.7 Å². The van der Waals surface area contributed by atoms with E-state index in [1.54, 1.807) is 20.1 Å². The number of hydrogen-bond acceptors (Lipinski definition) is 3. The van der Waals surface area contributed by atoms with Gasteiger partial charge in [0, 0.05) is 19.1 Å². The topological polar surface area (TPSA) is 50.4 Å². The molecule has 1 amide bonds. The molecule has 0 spiro atoms. The van der Waals surface area contributed by atoms with Crippen LogP contribution in [0.3, 0.4) is 0 Å². The van der Waals surface area contributed by atoms with E-state index in [0.717, 1.165) is 38.1 Å². The Balaban J connectivity index is 2.09. The van der Waals surface area contributed by atoms with Crippen molar-refractivity contribution in [3.05, 3.63) is 35.4 Å². The quantitative estimate of drug-likeness (QED) is 0.772. The van der Waals surface area contributed by atoms with Crippen molar-refractivity contribution in [2.24, 2.45) is 5.41 Å². The van der Waals surface area contributed by atoms with E-state index in [2.05, 4.69) is 10.6 Å². The van der Waals surface area contributed by atoms with Crippen LogP contribution in [0.15, 0.2) is 24.3 Å². The van der Waals surface area contributed by atoms with E-state index < -0.39 is 17.7 Å². The summed E-state index contributed by atoms with van der Waals surface area (Å²) in [6, 6.07) is 5.03. The van der Waals surface area contributed by atoms with Crippen LogP contribution in [0.1, 0.15) is 43.2 Å². The monoisotopic (exact) mass is 372 g/mol. The average Bonchev–Trinajstić information content (AvgIpc) is 2.61. The van der Waals surface area contributed by atoms with Crippen LogP contribution in [0.2, 0.25) is 0 Å². The fourth-order valence-corrected chi connectivity index (χ4v) is 3.54. The highest BCUT2D eigenvalue weighted by Crippen LogP contribution is 2.32. The van der Waals surface area contributed by atoms with Gasteiger partial charge in [-0.25, -0.2) is 0 Å². The van der Waals surface area contributed by atoms with Crippen LogP contribution in [0.25, 0.3) is 0 Å². The molecule has 4 nitrogen and oxygen atoms in total. The molecule has 0 saturated carbocycles. The molecule has 1 fully saturated rings. The Morgan fingerprint density at radius 3 is 2.62 bits per heavy atom. The fraction of sp³-hybridized carbons (Fsp3) is 0.632. The molecular weight excluding hydrogens is 345 g/mol. The molecule has 1 aromatic rings. The van der Waals surface area contributed by atoms with Gasteiger partial charge in [-0.1, -0.05) is 25.1 Å². The zero-order chi connectivity index (χ0) is 19.2. The summed E-state index contributed by atoms with van der Waals surface area (Å²) in [6.45, 7) is 4.56. The number of hydrogen-bond donors (Lipinski definition) is 2. The van der Waals surface area contributed by atoms with Crippen LogP contribution in [0.5, 0.6) is 0 Å². The second-order valence-corrected chi connectivity index (χ2v) is 6.98. The van der Waals surface area contributed by atoms with Crippen LogP contribution < -0.4 is 10.6 Å². The highest BCUT2D eigenvalue weighted by Gasteiger charge is 2.34. The molecule has 1 aromatic carbocycles. The maximum atomic E-state index is 12.9. The van der Waals surface area contributed by atoms with Gasteiger partial charge in [0.15, 0.2) is 0 Å². The van der Waals surface area contributed by atoms with Gasteiger partial charge < -0.3 is 15.4 Å². The lowest BCUT2D eigenvalue weighted by molar-refractivity contribution is -0.137. The van der Waals surface area contributed by atoms with Crippen molar-refractivity contribution in [3.8, 4) is 0 Å². The molecule has 1 unspecified atom stereocenters. The standard InChI is InChI=1S/C19H27F3N2O2/c1-3-16(14-5-4-6-15(11-14)19(20,21)22)17(25)24-12-18(13-26-2)7-9-23-10-8-18/h4-6,11,16,23H,3,7-10,12-13H2,1-2H3,(H,24,25). The second kappa shape index (κ2) is 8.86. The first-order valence-electron chi connectivity index (χ1n) is 8.96. The minimum absolute atomic E-state index is 0.123. The SMILES string of the molecule is CCC(C(=O)NCC1(COC)CCNCC1)c1cccc(C(F)(F)F)c1. The van der Waals surface area contributed by atoms with E-state index in [0.29, 0.717) is 25.1 Å². The van der Waals surface area contributed by atoms with Gasteiger partial charge in [0.25, 0.3) is 0 Å². The predicted octanol–water partition coefficient (Wildman–Crippen LogP) is 3.33. The summed E-state index contributed by atoms with van der Waals surface area (Å²) in [5.74, 6) is -0.834. The van der Waals surface area contributed by atoms with Crippen molar-refractivity contribution in [1.82, 2.24) is 10.6 Å². The zero-order valence-electron chi connectivity index (χ0n) is 15.3. The Morgan fingerprint density at radius 1 is 1.35 bits per heavy atom. The number of carbonyl (C=O) groups excluding carboxylic acids is 1. The number of piperidine rings is 1. The molecule has 1 aliphatic rings. The number of benzene rings is 1. The van der Waals surface area contributed by atoms with Gasteiger partial charge in [-0.3, -0.25) is 4.79 Å². The number of nitrogens with one attached hydrogen (secondary N) is 2. The smallest absolute Gasteiger partial charge is 0.384 e. The van der Waals surface area contributed by atoms with Crippen molar-refractivity contribution in [2.75, 3.05) is 33.4 Å². The van der Waals surface area contributed by atoms with Crippen LogP contribution in [-0.2, 0) is 15.7 Å². The van der Waals surface area contributed by atoms with Crippen molar-refractivity contribution in [1.29, 1.82) is 0 Å². The molecule has 0 aromatic heterocycles. The third-order valence-corrected chi connectivity index (χ3v) is 5.09. The largest absolute Gasteiger partial charge is 0.416 e. The number of ether oxygens (including phenoxy) is 1. The molecule has 26 heavy (non-hydrogen) atoms. The van der Waals surface area contributed by atoms with Gasteiger partial charge in [-0.2, -0.15) is 13.2 Å². The summed E-state index contributed by atoms with van der Waals surface area (Å²) in [5.41, 5.74) is -0.455. The van der Waals surface area contributed by atoms with E-state index in [9.17, 15) is 18.0 Å². The molecule has 1 heterocycles. The lowest BCUT2D eigenvalue weighted by Gasteiger charge is -2.37. The lowest BCUT2D eigenvalue weighted by atomic mass is 9.79. The van der Waals surface area contributed by atoms with Gasteiger partial charge in [0.05, 0.1) is 18.1 Å². The first kappa shape index (κ1) is 20.7. The van der Waals surface area contributed by atoms with E-state index >= 15 is 0 Å². The van der Waals surface area contributed by atoms with E-state index in [-0.39, 0.29) is 11.3 Å². The molecule has 2 rings (SSSR count). The molecule has 7 heteroatoms. The Bertz CT molecular complexity index is 593. The van der Waals surface area contributed by atoms with E-state index in [1.807, 2.05) is 0 Å². The number of alkyl halides is 3. The highest BCUT2D eigenvalue weighted by molar-refractivity contribution is 5.83. The van der Waals surface area contributed by atoms with Crippen LogP contribution in [0.4, 0.5) is 13.2 Å². The summed E-state index contributed by atoms with van der Waals surface area (Å²) < 4.78 is 44.2. The summed E-state index contributed by atoms with van der Waals surface area (Å²) in [5, 5.41) is 6.25. The number of amides is 1. The normalized spacial score (nSPS) is 18.3. The van der Waals surface area contributed by atoms with Gasteiger partial charge in [0.2, 0.25) is 5.91 Å². The molecule has 2 N–H and O–H groups in total. The molecule has 1 saturated heterocycles. The summed E-state index contributed by atoms with van der Waals surface area (Å²) >= 11 is 0. The van der Waals surface area contributed by atoms with Crippen molar-refractivity contribution in [2.45, 2.75) is 38.3 Å². The van der Waals surface area contributed by atoms with E-state index in [1.165, 1.54) is 6.07 Å². The summed E-state index contributed by atoms with van der Waals surface area (Å²) in [4.78, 5) is 12.7. The molecular formula is C19H27F3N2O2. The molecule has 146 valence electrons. The fourth-order valence-electron chi connectivity index (χ4n) is 3.54. The highest BCUT2D eigenvalue weighted by atomic mass is 19.4. The molecule has 0 bridgehead atoms. The maximum absolute atomic E-state index is 12.9. The molecule has 1 atom stereocenters. The number of rotatable bonds is 7. The van der Waals surface area contributed by atoms with Gasteiger partial charge >= 0.3 is 6.18 Å². The Labute approximate surface area is 152 Å². The first-order valence-corrected chi connectivity index (χ1v) is 8.96. The van der Waals surface area contributed by atoms with E-state index in [4.69, 9.17) is 4.74 Å². The van der Waals surface area contributed by atoms with Crippen molar-refractivity contribution in [3.63, 3.8) is 0 Å². The van der Waals surface area contributed by atoms with Gasteiger partial charge in [-0.05, 0) is 44.0 Å². The van der Waals surface area contributed by atoms with Gasteiger partial charge in [-0.15, -0.1) is 0 Å². The summed E-state index contributed by atoms with van der Waals surface area (Å²) in [6.07, 6.45) is -2.20. The third kappa shape index (κ3) is 5.20. The molecule has 0 aliphatic carbocycles. The minimum Gasteiger partial charge on any atom is -0.384 e. The van der Waals surface area contributed by atoms with Crippen LogP contribution in [-0.4, -0.2) is 39.3 Å². The third-order valence-electron chi connectivity index (χ3n) is 5.09. The Kier molecular flexibility index (Phi) is 7.06. The molecule has 1 aliphatic heterocycles. The second-order valence-electron chi connectivity index (χ2n) is 6.98. The first-order chi connectivity index (χ1) is 12.3. The van der Waals surface area contributed by atoms with Gasteiger partial charge in [0.1, 0.15) is 0 Å². The molecule has 0 radical (unpaired) electrons. The number of methoxy groups -OCH3 is 1. The minimum atomic E-state index is -4.41. The van der Waals surface area contributed by atoms with Crippen LogP contribution in [0, 0.1) is 5.41 Å². The number of halogens is 3.